The smallest absolute Gasteiger partial charge is 0.275 e. The highest BCUT2D eigenvalue weighted by Crippen LogP contribution is 2.25. The molecule has 3 N–H and O–H groups in total. The summed E-state index contributed by atoms with van der Waals surface area (Å²) in [5.74, 6) is 0.723. The quantitative estimate of drug-likeness (QED) is 0.537. The maximum absolute atomic E-state index is 12.9. The van der Waals surface area contributed by atoms with Gasteiger partial charge in [-0.3, -0.25) is 4.79 Å². The lowest BCUT2D eigenvalue weighted by molar-refractivity contribution is -0.893. The number of benzene rings is 2. The number of amides is 1. The lowest BCUT2D eigenvalue weighted by Crippen LogP contribution is -3.14. The first-order chi connectivity index (χ1) is 13.9. The Labute approximate surface area is 172 Å². The molecule has 6 heteroatoms. The van der Waals surface area contributed by atoms with Crippen LogP contribution < -0.4 is 15.0 Å². The van der Waals surface area contributed by atoms with E-state index in [1.807, 2.05) is 31.2 Å². The van der Waals surface area contributed by atoms with Crippen LogP contribution in [0.1, 0.15) is 37.8 Å². The number of quaternary nitrogens is 1. The minimum Gasteiger partial charge on any atom is -0.490 e. The summed E-state index contributed by atoms with van der Waals surface area (Å²) in [4.78, 5) is 13.2. The van der Waals surface area contributed by atoms with Crippen LogP contribution in [-0.4, -0.2) is 43.4 Å². The monoisotopic (exact) mass is 403 g/mol. The molecule has 0 radical (unpaired) electrons. The Morgan fingerprint density at radius 3 is 2.52 bits per heavy atom. The lowest BCUT2D eigenvalue weighted by Gasteiger charge is -2.21. The van der Waals surface area contributed by atoms with E-state index in [2.05, 4.69) is 19.2 Å². The molecule has 158 valence electrons. The molecule has 29 heavy (non-hydrogen) atoms. The molecule has 0 spiro atoms. The summed E-state index contributed by atoms with van der Waals surface area (Å²) in [7, 11) is 0. The molecule has 0 fully saturated rings. The molecule has 0 saturated heterocycles. The fourth-order valence-electron chi connectivity index (χ4n) is 3.10. The molecule has 1 unspecified atom stereocenters. The minimum atomic E-state index is -0.671. The number of halogens is 1. The molecular formula is C23H32FN2O3+. The summed E-state index contributed by atoms with van der Waals surface area (Å²) in [5, 5.41) is 13.2. The third kappa shape index (κ3) is 7.83. The number of hydrogen-bond donors (Lipinski definition) is 3. The van der Waals surface area contributed by atoms with E-state index < -0.39 is 6.10 Å². The van der Waals surface area contributed by atoms with Crippen molar-refractivity contribution in [3.05, 3.63) is 65.5 Å². The maximum Gasteiger partial charge on any atom is 0.275 e. The van der Waals surface area contributed by atoms with Crippen LogP contribution >= 0.6 is 0 Å². The van der Waals surface area contributed by atoms with Crippen molar-refractivity contribution in [2.45, 2.75) is 39.3 Å². The van der Waals surface area contributed by atoms with Gasteiger partial charge in [0.05, 0.1) is 6.54 Å². The van der Waals surface area contributed by atoms with Gasteiger partial charge in [0.25, 0.3) is 5.91 Å². The molecule has 0 heterocycles. The van der Waals surface area contributed by atoms with Crippen LogP contribution in [-0.2, 0) is 11.3 Å². The van der Waals surface area contributed by atoms with Crippen molar-refractivity contribution in [1.82, 2.24) is 5.32 Å². The van der Waals surface area contributed by atoms with Crippen LogP contribution in [0.3, 0.4) is 0 Å². The van der Waals surface area contributed by atoms with Gasteiger partial charge in [-0.05, 0) is 42.2 Å². The van der Waals surface area contributed by atoms with Gasteiger partial charge in [0, 0.05) is 6.54 Å². The molecule has 2 aromatic carbocycles. The van der Waals surface area contributed by atoms with E-state index in [0.29, 0.717) is 25.6 Å². The van der Waals surface area contributed by atoms with E-state index in [0.717, 1.165) is 21.8 Å². The minimum absolute atomic E-state index is 0.107. The Kier molecular flexibility index (Phi) is 9.09. The van der Waals surface area contributed by atoms with Crippen molar-refractivity contribution in [3.63, 3.8) is 0 Å². The van der Waals surface area contributed by atoms with Crippen LogP contribution in [0.15, 0.2) is 48.5 Å². The van der Waals surface area contributed by atoms with Crippen LogP contribution in [0.4, 0.5) is 4.39 Å². The van der Waals surface area contributed by atoms with Crippen LogP contribution in [0.2, 0.25) is 0 Å². The van der Waals surface area contributed by atoms with Gasteiger partial charge in [0.1, 0.15) is 30.8 Å². The highest BCUT2D eigenvalue weighted by molar-refractivity contribution is 5.76. The van der Waals surface area contributed by atoms with Crippen LogP contribution in [0.5, 0.6) is 5.75 Å². The Balaban J connectivity index is 1.78. The van der Waals surface area contributed by atoms with E-state index in [1.165, 1.54) is 12.1 Å². The van der Waals surface area contributed by atoms with Crippen molar-refractivity contribution >= 4 is 5.91 Å². The van der Waals surface area contributed by atoms with E-state index >= 15 is 0 Å². The van der Waals surface area contributed by atoms with Crippen LogP contribution in [0.25, 0.3) is 0 Å². The zero-order valence-electron chi connectivity index (χ0n) is 17.5. The highest BCUT2D eigenvalue weighted by atomic mass is 19.1. The number of ether oxygens (including phenoxy) is 1. The number of carbonyl (C=O) groups is 1. The van der Waals surface area contributed by atoms with Gasteiger partial charge in [0.2, 0.25) is 0 Å². The molecule has 5 nitrogen and oxygen atoms in total. The zero-order valence-corrected chi connectivity index (χ0v) is 17.5. The largest absolute Gasteiger partial charge is 0.490 e. The fourth-order valence-corrected chi connectivity index (χ4v) is 3.10. The van der Waals surface area contributed by atoms with Gasteiger partial charge < -0.3 is 20.1 Å². The second-order valence-electron chi connectivity index (χ2n) is 7.55. The van der Waals surface area contributed by atoms with E-state index in [-0.39, 0.29) is 24.9 Å². The number of rotatable bonds is 11. The number of nitrogens with one attached hydrogen (secondary N) is 2. The molecule has 0 saturated carbocycles. The van der Waals surface area contributed by atoms with Crippen LogP contribution in [0, 0.1) is 5.82 Å². The summed E-state index contributed by atoms with van der Waals surface area (Å²) in [6, 6.07) is 13.9. The van der Waals surface area contributed by atoms with Gasteiger partial charge >= 0.3 is 0 Å². The predicted molar refractivity (Wildman–Crippen MR) is 112 cm³/mol. The number of aliphatic hydroxyl groups is 1. The van der Waals surface area contributed by atoms with Crippen molar-refractivity contribution in [2.75, 3.05) is 26.2 Å². The zero-order chi connectivity index (χ0) is 21.2. The van der Waals surface area contributed by atoms with E-state index in [1.54, 1.807) is 12.1 Å². The van der Waals surface area contributed by atoms with Crippen molar-refractivity contribution in [1.29, 1.82) is 0 Å². The standard InChI is InChI=1S/C23H31FN2O3/c1-4-26(15-23(28)25-13-18-9-11-19(24)12-10-18)14-20(27)16-29-22-8-6-5-7-21(22)17(2)3/h5-12,17,20,27H,4,13-16H2,1-3H3,(H,25,28)/p+1/t20-/m0/s1. The van der Waals surface area contributed by atoms with E-state index in [9.17, 15) is 14.3 Å². The first-order valence-electron chi connectivity index (χ1n) is 10.1. The average Bonchev–Trinajstić information content (AvgIpc) is 2.71. The van der Waals surface area contributed by atoms with Crippen molar-refractivity contribution in [3.8, 4) is 5.75 Å². The lowest BCUT2D eigenvalue weighted by atomic mass is 10.0. The summed E-state index contributed by atoms with van der Waals surface area (Å²) in [6.45, 7) is 8.12. The van der Waals surface area contributed by atoms with Crippen molar-refractivity contribution in [2.24, 2.45) is 0 Å². The SMILES string of the molecule is CC[NH+](CC(=O)NCc1ccc(F)cc1)C[C@H](O)COc1ccccc1C(C)C. The molecule has 2 rings (SSSR count). The predicted octanol–water partition coefficient (Wildman–Crippen LogP) is 1.91. The third-order valence-corrected chi connectivity index (χ3v) is 4.81. The number of aliphatic hydroxyl groups excluding tert-OH is 1. The topological polar surface area (TPSA) is 63.0 Å². The van der Waals surface area contributed by atoms with Gasteiger partial charge in [-0.1, -0.05) is 44.2 Å². The number of likely N-dealkylation sites (N-methyl/N-ethyl adjacent to an activating group) is 1. The summed E-state index contributed by atoms with van der Waals surface area (Å²) >= 11 is 0. The summed E-state index contributed by atoms with van der Waals surface area (Å²) < 4.78 is 18.8. The molecule has 2 aromatic rings. The maximum atomic E-state index is 12.9. The molecule has 0 bridgehead atoms. The normalized spacial score (nSPS) is 13.2. The van der Waals surface area contributed by atoms with Gasteiger partial charge in [-0.25, -0.2) is 4.39 Å². The Bertz CT molecular complexity index is 765. The Morgan fingerprint density at radius 2 is 1.86 bits per heavy atom. The molecule has 0 aliphatic rings. The third-order valence-electron chi connectivity index (χ3n) is 4.81. The number of para-hydroxylation sites is 1. The highest BCUT2D eigenvalue weighted by Gasteiger charge is 2.18. The number of carbonyl (C=O) groups excluding carboxylic acids is 1. The van der Waals surface area contributed by atoms with Gasteiger partial charge in [-0.2, -0.15) is 0 Å². The summed E-state index contributed by atoms with van der Waals surface area (Å²) in [6.07, 6.45) is -0.671. The molecular weight excluding hydrogens is 371 g/mol. The number of hydrogen-bond acceptors (Lipinski definition) is 3. The second kappa shape index (κ2) is 11.5. The molecule has 2 atom stereocenters. The van der Waals surface area contributed by atoms with Gasteiger partial charge in [0.15, 0.2) is 6.54 Å². The molecule has 0 aromatic heterocycles. The first kappa shape index (κ1) is 22.8. The van der Waals surface area contributed by atoms with Gasteiger partial charge in [-0.15, -0.1) is 0 Å². The molecule has 1 amide bonds. The average molecular weight is 404 g/mol. The first-order valence-corrected chi connectivity index (χ1v) is 10.1. The summed E-state index contributed by atoms with van der Waals surface area (Å²) in [5.41, 5.74) is 1.95. The fraction of sp³-hybridized carbons (Fsp3) is 0.435. The second-order valence-corrected chi connectivity index (χ2v) is 7.55. The van der Waals surface area contributed by atoms with Crippen molar-refractivity contribution < 1.29 is 23.9 Å². The molecule has 0 aliphatic heterocycles. The van der Waals surface area contributed by atoms with E-state index in [4.69, 9.17) is 4.74 Å². The molecule has 0 aliphatic carbocycles. The Hall–Kier alpha value is -2.44. The Morgan fingerprint density at radius 1 is 1.17 bits per heavy atom.